The standard InChI is InChI=1S/C13H19N3O5/c1-5-18-11(17)8-6-16(15-14-8)9-7(2)19-12-10(9)20-13(3,4)21-12/h6-7,9-10,12H,5H2,1-4H3/t7-,9+,10-,12-/m1/s1. The molecule has 2 aliphatic rings. The molecular weight excluding hydrogens is 278 g/mol. The molecule has 1 aromatic rings. The minimum atomic E-state index is -0.696. The Balaban J connectivity index is 1.81. The molecule has 3 rings (SSSR count). The molecule has 4 atom stereocenters. The minimum absolute atomic E-state index is 0.159. The molecule has 116 valence electrons. The van der Waals surface area contributed by atoms with Gasteiger partial charge in [-0.15, -0.1) is 5.10 Å². The van der Waals surface area contributed by atoms with Gasteiger partial charge in [0.2, 0.25) is 0 Å². The highest BCUT2D eigenvalue weighted by Gasteiger charge is 2.54. The Morgan fingerprint density at radius 2 is 2.24 bits per heavy atom. The Hall–Kier alpha value is -1.51. The van der Waals surface area contributed by atoms with Gasteiger partial charge in [-0.3, -0.25) is 0 Å². The van der Waals surface area contributed by atoms with E-state index in [0.717, 1.165) is 0 Å². The van der Waals surface area contributed by atoms with E-state index in [0.29, 0.717) is 6.61 Å². The molecule has 0 bridgehead atoms. The molecule has 8 heteroatoms. The lowest BCUT2D eigenvalue weighted by Gasteiger charge is -2.23. The third-order valence-electron chi connectivity index (χ3n) is 3.55. The summed E-state index contributed by atoms with van der Waals surface area (Å²) in [4.78, 5) is 11.7. The molecule has 0 aromatic carbocycles. The molecule has 0 aliphatic carbocycles. The van der Waals surface area contributed by atoms with Crippen molar-refractivity contribution < 1.29 is 23.7 Å². The van der Waals surface area contributed by atoms with Crippen LogP contribution in [-0.4, -0.2) is 51.9 Å². The van der Waals surface area contributed by atoms with Crippen LogP contribution in [0.4, 0.5) is 0 Å². The number of fused-ring (bicyclic) bond motifs is 1. The number of hydrogen-bond acceptors (Lipinski definition) is 7. The summed E-state index contributed by atoms with van der Waals surface area (Å²) in [5.74, 6) is -1.19. The first-order valence-electron chi connectivity index (χ1n) is 7.01. The first-order chi connectivity index (χ1) is 9.91. The van der Waals surface area contributed by atoms with Crippen molar-refractivity contribution in [2.75, 3.05) is 6.61 Å². The van der Waals surface area contributed by atoms with Crippen LogP contribution in [0.25, 0.3) is 0 Å². The Labute approximate surface area is 122 Å². The first kappa shape index (κ1) is 14.4. The van der Waals surface area contributed by atoms with E-state index in [-0.39, 0.29) is 23.9 Å². The quantitative estimate of drug-likeness (QED) is 0.766. The number of carbonyl (C=O) groups excluding carboxylic acids is 1. The molecular formula is C13H19N3O5. The second-order valence-electron chi connectivity index (χ2n) is 5.60. The van der Waals surface area contributed by atoms with Gasteiger partial charge in [-0.05, 0) is 27.7 Å². The predicted octanol–water partition coefficient (Wildman–Crippen LogP) is 0.892. The molecule has 0 unspecified atom stereocenters. The highest BCUT2D eigenvalue weighted by atomic mass is 16.8. The van der Waals surface area contributed by atoms with Crippen LogP contribution in [0.15, 0.2) is 6.20 Å². The van der Waals surface area contributed by atoms with E-state index in [1.54, 1.807) is 17.8 Å². The Bertz CT molecular complexity index is 544. The van der Waals surface area contributed by atoms with Crippen LogP contribution in [0, 0.1) is 0 Å². The van der Waals surface area contributed by atoms with E-state index >= 15 is 0 Å². The molecule has 8 nitrogen and oxygen atoms in total. The Morgan fingerprint density at radius 1 is 1.48 bits per heavy atom. The summed E-state index contributed by atoms with van der Waals surface area (Å²) < 4.78 is 23.8. The third kappa shape index (κ3) is 2.54. The molecule has 2 aliphatic heterocycles. The largest absolute Gasteiger partial charge is 0.461 e. The number of aromatic nitrogens is 3. The molecule has 0 amide bonds. The van der Waals surface area contributed by atoms with E-state index in [1.165, 1.54) is 0 Å². The van der Waals surface area contributed by atoms with Crippen molar-refractivity contribution in [3.8, 4) is 0 Å². The fourth-order valence-corrected chi connectivity index (χ4v) is 2.74. The minimum Gasteiger partial charge on any atom is -0.461 e. The highest BCUT2D eigenvalue weighted by Crippen LogP contribution is 2.42. The first-order valence-corrected chi connectivity index (χ1v) is 7.01. The van der Waals surface area contributed by atoms with Crippen LogP contribution in [0.5, 0.6) is 0 Å². The Morgan fingerprint density at radius 3 is 2.95 bits per heavy atom. The van der Waals surface area contributed by atoms with Crippen LogP contribution in [0.2, 0.25) is 0 Å². The summed E-state index contributed by atoms with van der Waals surface area (Å²) >= 11 is 0. The molecule has 0 radical (unpaired) electrons. The molecule has 2 saturated heterocycles. The van der Waals surface area contributed by atoms with Gasteiger partial charge in [0.05, 0.1) is 18.9 Å². The van der Waals surface area contributed by atoms with E-state index in [4.69, 9.17) is 18.9 Å². The lowest BCUT2D eigenvalue weighted by Crippen LogP contribution is -2.31. The van der Waals surface area contributed by atoms with Gasteiger partial charge >= 0.3 is 5.97 Å². The number of esters is 1. The number of nitrogens with zero attached hydrogens (tertiary/aromatic N) is 3. The van der Waals surface area contributed by atoms with E-state index < -0.39 is 18.0 Å². The maximum atomic E-state index is 11.7. The van der Waals surface area contributed by atoms with Crippen molar-refractivity contribution in [3.63, 3.8) is 0 Å². The fraction of sp³-hybridized carbons (Fsp3) is 0.769. The van der Waals surface area contributed by atoms with Gasteiger partial charge in [-0.25, -0.2) is 9.48 Å². The number of ether oxygens (including phenoxy) is 4. The van der Waals surface area contributed by atoms with Crippen LogP contribution in [0.1, 0.15) is 44.2 Å². The van der Waals surface area contributed by atoms with Crippen molar-refractivity contribution in [1.82, 2.24) is 15.0 Å². The predicted molar refractivity (Wildman–Crippen MR) is 69.4 cm³/mol. The van der Waals surface area contributed by atoms with Crippen molar-refractivity contribution in [2.24, 2.45) is 0 Å². The molecule has 0 N–H and O–H groups in total. The summed E-state index contributed by atoms with van der Waals surface area (Å²) in [6, 6.07) is -0.201. The van der Waals surface area contributed by atoms with E-state index in [1.807, 2.05) is 20.8 Å². The zero-order valence-corrected chi connectivity index (χ0v) is 12.5. The molecule has 3 heterocycles. The monoisotopic (exact) mass is 297 g/mol. The zero-order valence-electron chi connectivity index (χ0n) is 12.5. The fourth-order valence-electron chi connectivity index (χ4n) is 2.74. The van der Waals surface area contributed by atoms with Crippen molar-refractivity contribution in [2.45, 2.75) is 58.0 Å². The lowest BCUT2D eigenvalue weighted by molar-refractivity contribution is -0.207. The normalized spacial score (nSPS) is 33.9. The molecule has 21 heavy (non-hydrogen) atoms. The average Bonchev–Trinajstić information content (AvgIpc) is 3.01. The molecule has 1 aromatic heterocycles. The summed E-state index contributed by atoms with van der Waals surface area (Å²) in [5.41, 5.74) is 0.172. The smallest absolute Gasteiger partial charge is 0.360 e. The Kier molecular flexibility index (Phi) is 3.46. The second-order valence-corrected chi connectivity index (χ2v) is 5.60. The van der Waals surface area contributed by atoms with Gasteiger partial charge in [0.15, 0.2) is 17.8 Å². The van der Waals surface area contributed by atoms with Gasteiger partial charge in [-0.1, -0.05) is 5.21 Å². The summed E-state index contributed by atoms with van der Waals surface area (Å²) in [6.45, 7) is 7.62. The number of rotatable bonds is 3. The van der Waals surface area contributed by atoms with Crippen LogP contribution in [-0.2, 0) is 18.9 Å². The molecule has 0 spiro atoms. The zero-order chi connectivity index (χ0) is 15.2. The second kappa shape index (κ2) is 5.04. The van der Waals surface area contributed by atoms with Gasteiger partial charge < -0.3 is 18.9 Å². The van der Waals surface area contributed by atoms with Crippen molar-refractivity contribution in [3.05, 3.63) is 11.9 Å². The van der Waals surface area contributed by atoms with E-state index in [9.17, 15) is 4.79 Å². The maximum absolute atomic E-state index is 11.7. The maximum Gasteiger partial charge on any atom is 0.360 e. The average molecular weight is 297 g/mol. The number of carbonyl (C=O) groups is 1. The lowest BCUT2D eigenvalue weighted by atomic mass is 10.1. The molecule has 2 fully saturated rings. The van der Waals surface area contributed by atoms with Gasteiger partial charge in [0, 0.05) is 0 Å². The summed E-state index contributed by atoms with van der Waals surface area (Å²) in [6.07, 6.45) is 0.675. The van der Waals surface area contributed by atoms with Crippen LogP contribution < -0.4 is 0 Å². The van der Waals surface area contributed by atoms with Gasteiger partial charge in [0.1, 0.15) is 12.1 Å². The summed E-state index contributed by atoms with van der Waals surface area (Å²) in [7, 11) is 0. The summed E-state index contributed by atoms with van der Waals surface area (Å²) in [5, 5.41) is 7.86. The highest BCUT2D eigenvalue weighted by molar-refractivity contribution is 5.86. The SMILES string of the molecule is CCOC(=O)c1cn([C@@H]2[C@H]3OC(C)(C)O[C@H]3O[C@@H]2C)nn1. The number of hydrogen-bond donors (Lipinski definition) is 0. The molecule has 0 saturated carbocycles. The van der Waals surface area contributed by atoms with Crippen LogP contribution in [0.3, 0.4) is 0 Å². The van der Waals surface area contributed by atoms with Crippen molar-refractivity contribution in [1.29, 1.82) is 0 Å². The third-order valence-corrected chi connectivity index (χ3v) is 3.55. The topological polar surface area (TPSA) is 84.7 Å². The van der Waals surface area contributed by atoms with E-state index in [2.05, 4.69) is 10.3 Å². The van der Waals surface area contributed by atoms with Gasteiger partial charge in [-0.2, -0.15) is 0 Å². The van der Waals surface area contributed by atoms with Crippen LogP contribution >= 0.6 is 0 Å². The van der Waals surface area contributed by atoms with Gasteiger partial charge in [0.25, 0.3) is 0 Å². The van der Waals surface area contributed by atoms with Crippen molar-refractivity contribution >= 4 is 5.97 Å².